The SMILES string of the molecule is Cc1cn2c(ccc3cc(C(=O)O)ccc32)n1. The molecule has 0 amide bonds. The minimum Gasteiger partial charge on any atom is -0.478 e. The van der Waals surface area contributed by atoms with Gasteiger partial charge in [-0.2, -0.15) is 0 Å². The zero-order valence-corrected chi connectivity index (χ0v) is 9.21. The van der Waals surface area contributed by atoms with Crippen molar-refractivity contribution in [2.45, 2.75) is 6.92 Å². The van der Waals surface area contributed by atoms with Crippen molar-refractivity contribution in [2.75, 3.05) is 0 Å². The monoisotopic (exact) mass is 226 g/mol. The quantitative estimate of drug-likeness (QED) is 0.693. The molecule has 4 heteroatoms. The first kappa shape index (κ1) is 9.84. The largest absolute Gasteiger partial charge is 0.478 e. The number of pyridine rings is 1. The zero-order chi connectivity index (χ0) is 12.0. The zero-order valence-electron chi connectivity index (χ0n) is 9.21. The number of aromatic carboxylic acids is 1. The van der Waals surface area contributed by atoms with Crippen molar-refractivity contribution < 1.29 is 9.90 Å². The summed E-state index contributed by atoms with van der Waals surface area (Å²) in [6.07, 6.45) is 1.94. The van der Waals surface area contributed by atoms with Crippen LogP contribution in [0.4, 0.5) is 0 Å². The van der Waals surface area contributed by atoms with E-state index in [9.17, 15) is 4.79 Å². The standard InChI is InChI=1S/C13H10N2O2/c1-8-7-15-11-4-2-10(13(16)17)6-9(11)3-5-12(15)14-8/h2-7H,1H3,(H,16,17). The summed E-state index contributed by atoms with van der Waals surface area (Å²) >= 11 is 0. The predicted octanol–water partition coefficient (Wildman–Crippen LogP) is 2.49. The first-order chi connectivity index (χ1) is 8.15. The number of carboxylic acid groups (broad SMARTS) is 1. The Kier molecular flexibility index (Phi) is 1.92. The van der Waals surface area contributed by atoms with Gasteiger partial charge in [0.05, 0.1) is 16.8 Å². The average molecular weight is 226 g/mol. The molecule has 0 saturated heterocycles. The lowest BCUT2D eigenvalue weighted by Crippen LogP contribution is -1.96. The van der Waals surface area contributed by atoms with Gasteiger partial charge in [-0.1, -0.05) is 0 Å². The summed E-state index contributed by atoms with van der Waals surface area (Å²) in [4.78, 5) is 15.3. The van der Waals surface area contributed by atoms with Crippen LogP contribution in [0, 0.1) is 6.92 Å². The Morgan fingerprint density at radius 1 is 1.29 bits per heavy atom. The van der Waals surface area contributed by atoms with Crippen LogP contribution in [-0.4, -0.2) is 20.5 Å². The molecular formula is C13H10N2O2. The number of aryl methyl sites for hydroxylation is 1. The van der Waals surface area contributed by atoms with Gasteiger partial charge in [0, 0.05) is 6.20 Å². The van der Waals surface area contributed by atoms with Crippen molar-refractivity contribution in [1.82, 2.24) is 9.38 Å². The van der Waals surface area contributed by atoms with E-state index < -0.39 is 5.97 Å². The van der Waals surface area contributed by atoms with Gasteiger partial charge < -0.3 is 5.11 Å². The number of hydrogen-bond donors (Lipinski definition) is 1. The first-order valence-electron chi connectivity index (χ1n) is 5.27. The summed E-state index contributed by atoms with van der Waals surface area (Å²) < 4.78 is 1.97. The Balaban J connectivity index is 2.40. The van der Waals surface area contributed by atoms with Gasteiger partial charge in [-0.15, -0.1) is 0 Å². The number of aromatic nitrogens is 2. The van der Waals surface area contributed by atoms with Crippen molar-refractivity contribution in [1.29, 1.82) is 0 Å². The lowest BCUT2D eigenvalue weighted by Gasteiger charge is -2.02. The van der Waals surface area contributed by atoms with Gasteiger partial charge in [0.15, 0.2) is 0 Å². The molecule has 4 nitrogen and oxygen atoms in total. The number of carboxylic acids is 1. The fraction of sp³-hybridized carbons (Fsp3) is 0.0769. The lowest BCUT2D eigenvalue weighted by atomic mass is 10.1. The number of rotatable bonds is 1. The lowest BCUT2D eigenvalue weighted by molar-refractivity contribution is 0.0697. The topological polar surface area (TPSA) is 54.6 Å². The molecule has 0 bridgehead atoms. The number of imidazole rings is 1. The summed E-state index contributed by atoms with van der Waals surface area (Å²) in [7, 11) is 0. The van der Waals surface area contributed by atoms with E-state index >= 15 is 0 Å². The third-order valence-electron chi connectivity index (χ3n) is 2.80. The van der Waals surface area contributed by atoms with Gasteiger partial charge >= 0.3 is 5.97 Å². The average Bonchev–Trinajstić information content (AvgIpc) is 2.69. The normalized spacial score (nSPS) is 11.1. The van der Waals surface area contributed by atoms with E-state index in [2.05, 4.69) is 4.98 Å². The third kappa shape index (κ3) is 1.45. The molecule has 0 spiro atoms. The molecule has 1 N–H and O–H groups in total. The highest BCUT2D eigenvalue weighted by atomic mass is 16.4. The molecule has 0 radical (unpaired) electrons. The molecule has 3 rings (SSSR count). The molecule has 0 aliphatic carbocycles. The van der Waals surface area contributed by atoms with Gasteiger partial charge in [0.2, 0.25) is 0 Å². The first-order valence-corrected chi connectivity index (χ1v) is 5.27. The van der Waals surface area contributed by atoms with E-state index in [4.69, 9.17) is 5.11 Å². The van der Waals surface area contributed by atoms with Gasteiger partial charge in [0.1, 0.15) is 5.65 Å². The van der Waals surface area contributed by atoms with Crippen molar-refractivity contribution in [3.8, 4) is 0 Å². The van der Waals surface area contributed by atoms with E-state index in [1.54, 1.807) is 12.1 Å². The predicted molar refractivity (Wildman–Crippen MR) is 64.4 cm³/mol. The van der Waals surface area contributed by atoms with Crippen LogP contribution >= 0.6 is 0 Å². The molecule has 2 heterocycles. The Morgan fingerprint density at radius 3 is 2.88 bits per heavy atom. The van der Waals surface area contributed by atoms with Crippen LogP contribution in [0.2, 0.25) is 0 Å². The van der Waals surface area contributed by atoms with E-state index in [1.807, 2.05) is 35.7 Å². The maximum Gasteiger partial charge on any atom is 0.335 e. The Morgan fingerprint density at radius 2 is 2.12 bits per heavy atom. The molecule has 0 saturated carbocycles. The van der Waals surface area contributed by atoms with Gasteiger partial charge in [-0.3, -0.25) is 4.40 Å². The molecule has 2 aromatic heterocycles. The Bertz CT molecular complexity index is 744. The molecule has 17 heavy (non-hydrogen) atoms. The number of nitrogens with zero attached hydrogens (tertiary/aromatic N) is 2. The summed E-state index contributed by atoms with van der Waals surface area (Å²) in [6.45, 7) is 1.93. The molecule has 0 aliphatic heterocycles. The van der Waals surface area contributed by atoms with E-state index in [-0.39, 0.29) is 0 Å². The molecule has 84 valence electrons. The van der Waals surface area contributed by atoms with Crippen molar-refractivity contribution in [3.05, 3.63) is 47.8 Å². The summed E-state index contributed by atoms with van der Waals surface area (Å²) in [6, 6.07) is 8.88. The third-order valence-corrected chi connectivity index (χ3v) is 2.80. The molecule has 1 aromatic carbocycles. The van der Waals surface area contributed by atoms with Crippen LogP contribution in [-0.2, 0) is 0 Å². The van der Waals surface area contributed by atoms with Crippen LogP contribution < -0.4 is 0 Å². The van der Waals surface area contributed by atoms with Gasteiger partial charge in [-0.05, 0) is 42.6 Å². The van der Waals surface area contributed by atoms with E-state index in [0.717, 1.165) is 22.2 Å². The van der Waals surface area contributed by atoms with Gasteiger partial charge in [-0.25, -0.2) is 9.78 Å². The molecule has 0 unspecified atom stereocenters. The highest BCUT2D eigenvalue weighted by Crippen LogP contribution is 2.19. The number of hydrogen-bond acceptors (Lipinski definition) is 2. The smallest absolute Gasteiger partial charge is 0.335 e. The maximum absolute atomic E-state index is 10.9. The number of carbonyl (C=O) groups is 1. The van der Waals surface area contributed by atoms with Crippen LogP contribution in [0.1, 0.15) is 16.1 Å². The maximum atomic E-state index is 10.9. The Hall–Kier alpha value is -2.36. The summed E-state index contributed by atoms with van der Waals surface area (Å²) in [5.74, 6) is -0.909. The molecular weight excluding hydrogens is 216 g/mol. The van der Waals surface area contributed by atoms with Crippen LogP contribution in [0.25, 0.3) is 16.6 Å². The summed E-state index contributed by atoms with van der Waals surface area (Å²) in [5.41, 5.74) is 3.08. The van der Waals surface area contributed by atoms with Gasteiger partial charge in [0.25, 0.3) is 0 Å². The van der Waals surface area contributed by atoms with Crippen molar-refractivity contribution in [2.24, 2.45) is 0 Å². The second-order valence-corrected chi connectivity index (χ2v) is 4.02. The minimum atomic E-state index is -0.909. The van der Waals surface area contributed by atoms with Crippen molar-refractivity contribution in [3.63, 3.8) is 0 Å². The molecule has 0 atom stereocenters. The fourth-order valence-electron chi connectivity index (χ4n) is 2.03. The van der Waals surface area contributed by atoms with E-state index in [0.29, 0.717) is 5.56 Å². The molecule has 3 aromatic rings. The number of benzene rings is 1. The molecule has 0 fully saturated rings. The van der Waals surface area contributed by atoms with Crippen LogP contribution in [0.3, 0.4) is 0 Å². The molecule has 0 aliphatic rings. The summed E-state index contributed by atoms with van der Waals surface area (Å²) in [5, 5.41) is 9.84. The number of fused-ring (bicyclic) bond motifs is 3. The second kappa shape index (κ2) is 3.31. The minimum absolute atomic E-state index is 0.300. The fourth-order valence-corrected chi connectivity index (χ4v) is 2.03. The van der Waals surface area contributed by atoms with E-state index in [1.165, 1.54) is 0 Å². The highest BCUT2D eigenvalue weighted by Gasteiger charge is 2.06. The second-order valence-electron chi connectivity index (χ2n) is 4.02. The van der Waals surface area contributed by atoms with Crippen LogP contribution in [0.5, 0.6) is 0 Å². The highest BCUT2D eigenvalue weighted by molar-refractivity contribution is 5.94. The van der Waals surface area contributed by atoms with Crippen LogP contribution in [0.15, 0.2) is 36.5 Å². The Labute approximate surface area is 97.1 Å². The van der Waals surface area contributed by atoms with Crippen molar-refractivity contribution >= 4 is 22.5 Å².